The van der Waals surface area contributed by atoms with Crippen molar-refractivity contribution in [3.63, 3.8) is 0 Å². The Morgan fingerprint density at radius 2 is 2.20 bits per heavy atom. The number of benzene rings is 1. The van der Waals surface area contributed by atoms with E-state index in [4.69, 9.17) is 17.3 Å². The van der Waals surface area contributed by atoms with E-state index in [1.165, 1.54) is 0 Å². The maximum atomic E-state index is 5.97. The summed E-state index contributed by atoms with van der Waals surface area (Å²) in [5.41, 5.74) is 6.80. The molecule has 0 saturated heterocycles. The molecule has 0 amide bonds. The topological polar surface area (TPSA) is 38.9 Å². The smallest absolute Gasteiger partial charge is 0.0497 e. The Balaban J connectivity index is 2.58. The van der Waals surface area contributed by atoms with Crippen molar-refractivity contribution in [1.82, 2.24) is 4.98 Å². The fourth-order valence-electron chi connectivity index (χ4n) is 1.67. The van der Waals surface area contributed by atoms with Crippen molar-refractivity contribution in [2.45, 2.75) is 19.4 Å². The van der Waals surface area contributed by atoms with E-state index in [2.05, 4.69) is 4.98 Å². The molecule has 78 valence electrons. The van der Waals surface area contributed by atoms with Crippen LogP contribution in [0.25, 0.3) is 10.8 Å². The lowest BCUT2D eigenvalue weighted by atomic mass is 10.1. The molecule has 0 aliphatic rings. The van der Waals surface area contributed by atoms with E-state index in [1.54, 1.807) is 0 Å². The second-order valence-corrected chi connectivity index (χ2v) is 4.24. The lowest BCUT2D eigenvalue weighted by Crippen LogP contribution is -2.18. The van der Waals surface area contributed by atoms with Gasteiger partial charge >= 0.3 is 0 Å². The van der Waals surface area contributed by atoms with E-state index in [0.717, 1.165) is 27.9 Å². The van der Waals surface area contributed by atoms with Gasteiger partial charge in [0.1, 0.15) is 0 Å². The number of nitrogens with zero attached hydrogens (tertiary/aromatic N) is 1. The van der Waals surface area contributed by atoms with Gasteiger partial charge in [0.05, 0.1) is 0 Å². The summed E-state index contributed by atoms with van der Waals surface area (Å²) in [7, 11) is 0. The minimum absolute atomic E-state index is 0.113. The van der Waals surface area contributed by atoms with Gasteiger partial charge in [0.25, 0.3) is 0 Å². The van der Waals surface area contributed by atoms with E-state index >= 15 is 0 Å². The van der Waals surface area contributed by atoms with E-state index in [0.29, 0.717) is 0 Å². The fourth-order valence-corrected chi connectivity index (χ4v) is 1.84. The number of hydrogen-bond donors (Lipinski definition) is 1. The molecule has 0 saturated carbocycles. The number of aromatic nitrogens is 1. The van der Waals surface area contributed by atoms with Crippen molar-refractivity contribution in [1.29, 1.82) is 0 Å². The summed E-state index contributed by atoms with van der Waals surface area (Å²) in [5, 5.41) is 2.99. The molecule has 2 nitrogen and oxygen atoms in total. The molecule has 0 spiro atoms. The normalized spacial score (nSPS) is 13.0. The fraction of sp³-hybridized carbons (Fsp3) is 0.250. The van der Waals surface area contributed by atoms with Crippen molar-refractivity contribution >= 4 is 22.4 Å². The number of rotatable bonds is 2. The highest BCUT2D eigenvalue weighted by molar-refractivity contribution is 6.31. The van der Waals surface area contributed by atoms with Crippen LogP contribution in [-0.2, 0) is 6.42 Å². The van der Waals surface area contributed by atoms with Gasteiger partial charge in [-0.2, -0.15) is 0 Å². The number of pyridine rings is 1. The van der Waals surface area contributed by atoms with Crippen molar-refractivity contribution in [3.05, 3.63) is 41.2 Å². The number of fused-ring (bicyclic) bond motifs is 1. The van der Waals surface area contributed by atoms with Crippen LogP contribution < -0.4 is 5.73 Å². The molecule has 1 aromatic heterocycles. The van der Waals surface area contributed by atoms with Crippen LogP contribution in [-0.4, -0.2) is 11.0 Å². The molecular formula is C12H13ClN2. The first kappa shape index (κ1) is 10.4. The SMILES string of the molecule is CC(N)Cc1nccc2ccc(Cl)cc12. The van der Waals surface area contributed by atoms with Crippen LogP contribution in [0.1, 0.15) is 12.6 Å². The van der Waals surface area contributed by atoms with E-state index in [-0.39, 0.29) is 6.04 Å². The summed E-state index contributed by atoms with van der Waals surface area (Å²) in [4.78, 5) is 4.35. The van der Waals surface area contributed by atoms with Crippen LogP contribution in [0.15, 0.2) is 30.5 Å². The summed E-state index contributed by atoms with van der Waals surface area (Å²) < 4.78 is 0. The average Bonchev–Trinajstić information content (AvgIpc) is 2.18. The van der Waals surface area contributed by atoms with Gasteiger partial charge in [0.15, 0.2) is 0 Å². The molecule has 2 N–H and O–H groups in total. The standard InChI is InChI=1S/C12H13ClN2/c1-8(14)6-12-11-7-10(13)3-2-9(11)4-5-15-12/h2-5,7-8H,6,14H2,1H3. The quantitative estimate of drug-likeness (QED) is 0.846. The third-order valence-corrected chi connectivity index (χ3v) is 2.56. The number of hydrogen-bond acceptors (Lipinski definition) is 2. The Hall–Kier alpha value is -1.12. The van der Waals surface area contributed by atoms with Gasteiger partial charge in [-0.25, -0.2) is 0 Å². The molecule has 1 aromatic carbocycles. The summed E-state index contributed by atoms with van der Waals surface area (Å²) in [5.74, 6) is 0. The minimum atomic E-state index is 0.113. The van der Waals surface area contributed by atoms with Gasteiger partial charge in [-0.3, -0.25) is 4.98 Å². The predicted octanol–water partition coefficient (Wildman–Crippen LogP) is 2.78. The Bertz CT molecular complexity index is 480. The number of halogens is 1. The van der Waals surface area contributed by atoms with Crippen LogP contribution >= 0.6 is 11.6 Å². The van der Waals surface area contributed by atoms with E-state index in [9.17, 15) is 0 Å². The molecule has 1 atom stereocenters. The Kier molecular flexibility index (Phi) is 2.89. The van der Waals surface area contributed by atoms with Crippen molar-refractivity contribution in [2.24, 2.45) is 5.73 Å². The molecule has 1 heterocycles. The molecule has 2 rings (SSSR count). The molecule has 0 radical (unpaired) electrons. The Morgan fingerprint density at radius 3 is 2.93 bits per heavy atom. The summed E-state index contributed by atoms with van der Waals surface area (Å²) >= 11 is 5.97. The molecule has 0 aliphatic heterocycles. The lowest BCUT2D eigenvalue weighted by Gasteiger charge is -2.08. The lowest BCUT2D eigenvalue weighted by molar-refractivity contribution is 0.727. The second-order valence-electron chi connectivity index (χ2n) is 3.80. The molecule has 2 aromatic rings. The Labute approximate surface area is 94.1 Å². The molecule has 3 heteroatoms. The Morgan fingerprint density at radius 1 is 1.40 bits per heavy atom. The highest BCUT2D eigenvalue weighted by Crippen LogP contribution is 2.21. The van der Waals surface area contributed by atoms with Gasteiger partial charge in [-0.1, -0.05) is 17.7 Å². The van der Waals surface area contributed by atoms with Gasteiger partial charge < -0.3 is 5.73 Å². The largest absolute Gasteiger partial charge is 0.328 e. The molecule has 0 fully saturated rings. The minimum Gasteiger partial charge on any atom is -0.328 e. The second kappa shape index (κ2) is 4.17. The van der Waals surface area contributed by atoms with Crippen LogP contribution in [0.5, 0.6) is 0 Å². The molecule has 15 heavy (non-hydrogen) atoms. The predicted molar refractivity (Wildman–Crippen MR) is 64.1 cm³/mol. The molecule has 1 unspecified atom stereocenters. The van der Waals surface area contributed by atoms with Crippen LogP contribution in [0.3, 0.4) is 0 Å². The third kappa shape index (κ3) is 2.28. The number of nitrogens with two attached hydrogens (primary N) is 1. The van der Waals surface area contributed by atoms with Gasteiger partial charge in [0.2, 0.25) is 0 Å². The maximum absolute atomic E-state index is 5.97. The first-order valence-electron chi connectivity index (χ1n) is 4.95. The van der Waals surface area contributed by atoms with Crippen molar-refractivity contribution in [2.75, 3.05) is 0 Å². The summed E-state index contributed by atoms with van der Waals surface area (Å²) in [6.07, 6.45) is 2.59. The van der Waals surface area contributed by atoms with Crippen LogP contribution in [0, 0.1) is 0 Å². The zero-order chi connectivity index (χ0) is 10.8. The van der Waals surface area contributed by atoms with Gasteiger partial charge in [-0.15, -0.1) is 0 Å². The molecular weight excluding hydrogens is 208 g/mol. The van der Waals surface area contributed by atoms with Crippen LogP contribution in [0.2, 0.25) is 5.02 Å². The van der Waals surface area contributed by atoms with Crippen molar-refractivity contribution < 1.29 is 0 Å². The average molecular weight is 221 g/mol. The zero-order valence-corrected chi connectivity index (χ0v) is 9.33. The molecule has 0 aliphatic carbocycles. The highest BCUT2D eigenvalue weighted by Gasteiger charge is 2.05. The van der Waals surface area contributed by atoms with Gasteiger partial charge in [-0.05, 0) is 30.5 Å². The van der Waals surface area contributed by atoms with E-state index in [1.807, 2.05) is 37.4 Å². The maximum Gasteiger partial charge on any atom is 0.0497 e. The summed E-state index contributed by atoms with van der Waals surface area (Å²) in [6.45, 7) is 1.98. The molecule has 0 bridgehead atoms. The third-order valence-electron chi connectivity index (χ3n) is 2.33. The monoisotopic (exact) mass is 220 g/mol. The zero-order valence-electron chi connectivity index (χ0n) is 8.57. The van der Waals surface area contributed by atoms with E-state index < -0.39 is 0 Å². The first-order valence-corrected chi connectivity index (χ1v) is 5.33. The highest BCUT2D eigenvalue weighted by atomic mass is 35.5. The summed E-state index contributed by atoms with van der Waals surface area (Å²) in [6, 6.07) is 7.93. The first-order chi connectivity index (χ1) is 7.16. The van der Waals surface area contributed by atoms with Crippen molar-refractivity contribution in [3.8, 4) is 0 Å². The van der Waals surface area contributed by atoms with Gasteiger partial charge in [0, 0.05) is 34.8 Å². The van der Waals surface area contributed by atoms with Crippen LogP contribution in [0.4, 0.5) is 0 Å².